The van der Waals surface area contributed by atoms with Crippen LogP contribution in [0.5, 0.6) is 0 Å². The fourth-order valence-corrected chi connectivity index (χ4v) is 8.71. The van der Waals surface area contributed by atoms with Crippen LogP contribution in [0.25, 0.3) is 21.1 Å². The highest BCUT2D eigenvalue weighted by Crippen LogP contribution is 2.40. The molecule has 230 valence electrons. The first kappa shape index (κ1) is 29.4. The van der Waals surface area contributed by atoms with Gasteiger partial charge in [-0.1, -0.05) is 47.5 Å². The van der Waals surface area contributed by atoms with Crippen LogP contribution in [0.1, 0.15) is 53.2 Å². The van der Waals surface area contributed by atoms with Gasteiger partial charge in [0, 0.05) is 46.4 Å². The van der Waals surface area contributed by atoms with Crippen molar-refractivity contribution in [3.8, 4) is 21.1 Å². The Morgan fingerprint density at radius 3 is 1.52 bits per heavy atom. The molecule has 0 amide bonds. The third kappa shape index (κ3) is 4.68. The Balaban J connectivity index is 1.00. The Labute approximate surface area is 281 Å². The number of thiazole rings is 2. The number of hydrogen-bond acceptors (Lipinski definition) is 11. The molecule has 8 rings (SSSR count). The zero-order chi connectivity index (χ0) is 31.9. The summed E-state index contributed by atoms with van der Waals surface area (Å²) in [7, 11) is 1.95. The number of nitrogens with zero attached hydrogens (tertiary/aromatic N) is 5. The Hall–Kier alpha value is -4.00. The first-order valence-electron chi connectivity index (χ1n) is 14.6. The van der Waals surface area contributed by atoms with Crippen LogP contribution in [0, 0.1) is 0 Å². The molecule has 2 atom stereocenters. The van der Waals surface area contributed by atoms with Crippen LogP contribution in [-0.2, 0) is 0 Å². The summed E-state index contributed by atoms with van der Waals surface area (Å²) in [4.78, 5) is 69.4. The number of Topliss-reactive ketones (excluding diaryl/α,β-unsaturated/α-hetero) is 2. The van der Waals surface area contributed by atoms with Crippen LogP contribution in [0.4, 0.5) is 0 Å². The lowest BCUT2D eigenvalue weighted by atomic mass is 9.96. The first-order chi connectivity index (χ1) is 22.2. The van der Waals surface area contributed by atoms with E-state index in [-0.39, 0.29) is 46.9 Å². The zero-order valence-corrected chi connectivity index (χ0v) is 27.3. The standard InChI is InChI=1S/C33H23Cl2N5O4S2/c1-38(24-8-10-39(24)20-14-22(41)26-30(28(20)43)45-32(36-26)16-4-2-6-18(34)12-16)25-9-11-40(25)21-15-23(42)27-31(29(21)44)46-33(37-27)17-5-3-7-19(35)13-17/h2-7,12-15,24-25H,8-11H2,1H3. The molecule has 2 aliphatic heterocycles. The molecule has 0 spiro atoms. The van der Waals surface area contributed by atoms with E-state index >= 15 is 0 Å². The van der Waals surface area contributed by atoms with Gasteiger partial charge in [-0.15, -0.1) is 22.7 Å². The molecule has 4 heterocycles. The average Bonchev–Trinajstić information content (AvgIpc) is 3.64. The number of carbonyl (C=O) groups excluding carboxylic acids is 4. The number of ketones is 4. The van der Waals surface area contributed by atoms with Crippen molar-refractivity contribution in [3.05, 3.63) is 103 Å². The van der Waals surface area contributed by atoms with Gasteiger partial charge in [0.25, 0.3) is 0 Å². The van der Waals surface area contributed by atoms with E-state index in [4.69, 9.17) is 23.2 Å². The second-order valence-electron chi connectivity index (χ2n) is 11.5. The van der Waals surface area contributed by atoms with Crippen LogP contribution < -0.4 is 0 Å². The summed E-state index contributed by atoms with van der Waals surface area (Å²) >= 11 is 14.7. The number of halogens is 2. The third-order valence-corrected chi connectivity index (χ3v) is 11.5. The fraction of sp³-hybridized carbons (Fsp3) is 0.212. The summed E-state index contributed by atoms with van der Waals surface area (Å²) in [5.41, 5.74) is 2.52. The lowest BCUT2D eigenvalue weighted by Gasteiger charge is -2.56. The topological polar surface area (TPSA) is 104 Å². The van der Waals surface area contributed by atoms with Gasteiger partial charge in [-0.05, 0) is 44.2 Å². The molecule has 0 radical (unpaired) electrons. The molecule has 0 saturated carbocycles. The maximum atomic E-state index is 13.7. The van der Waals surface area contributed by atoms with Crippen LogP contribution in [0.3, 0.4) is 0 Å². The van der Waals surface area contributed by atoms with Crippen molar-refractivity contribution in [2.24, 2.45) is 0 Å². The number of allylic oxidation sites excluding steroid dienone is 4. The van der Waals surface area contributed by atoms with Crippen molar-refractivity contribution < 1.29 is 19.2 Å². The van der Waals surface area contributed by atoms with E-state index in [1.807, 2.05) is 29.0 Å². The highest BCUT2D eigenvalue weighted by atomic mass is 35.5. The molecule has 2 aromatic carbocycles. The summed E-state index contributed by atoms with van der Waals surface area (Å²) < 4.78 is 0. The highest BCUT2D eigenvalue weighted by Gasteiger charge is 2.46. The molecule has 13 heteroatoms. The molecule has 4 aromatic rings. The quantitative estimate of drug-likeness (QED) is 0.226. The number of likely N-dealkylation sites (tertiary alicyclic amines) is 2. The number of carbonyl (C=O) groups is 4. The van der Waals surface area contributed by atoms with Gasteiger partial charge in [-0.3, -0.25) is 24.1 Å². The normalized spacial score (nSPS) is 20.7. The van der Waals surface area contributed by atoms with Gasteiger partial charge in [0.2, 0.25) is 23.1 Å². The van der Waals surface area contributed by atoms with Crippen LogP contribution >= 0.6 is 45.9 Å². The fourth-order valence-electron chi connectivity index (χ4n) is 6.30. The largest absolute Gasteiger partial charge is 0.352 e. The SMILES string of the molecule is CN(C1CCN1C1=CC(=O)c2nc(-c3cccc(Cl)c3)sc2C1=O)C1CCN1C1=CC(=O)c2nc(-c3cccc(Cl)c3)sc2C1=O. The Morgan fingerprint density at radius 2 is 1.15 bits per heavy atom. The molecule has 46 heavy (non-hydrogen) atoms. The predicted octanol–water partition coefficient (Wildman–Crippen LogP) is 6.46. The molecule has 0 bridgehead atoms. The number of hydrogen-bond donors (Lipinski definition) is 0. The first-order valence-corrected chi connectivity index (χ1v) is 17.0. The Bertz CT molecular complexity index is 1940. The molecule has 2 unspecified atom stereocenters. The van der Waals surface area contributed by atoms with Crippen molar-refractivity contribution in [2.45, 2.75) is 25.2 Å². The minimum Gasteiger partial charge on any atom is -0.352 e. The lowest BCUT2D eigenvalue weighted by Crippen LogP contribution is -2.66. The minimum atomic E-state index is -0.304. The highest BCUT2D eigenvalue weighted by molar-refractivity contribution is 7.18. The summed E-state index contributed by atoms with van der Waals surface area (Å²) in [6.45, 7) is 1.22. The smallest absolute Gasteiger partial charge is 0.221 e. The van der Waals surface area contributed by atoms with Crippen molar-refractivity contribution in [2.75, 3.05) is 20.1 Å². The predicted molar refractivity (Wildman–Crippen MR) is 177 cm³/mol. The molecule has 2 aromatic heterocycles. The molecule has 2 saturated heterocycles. The van der Waals surface area contributed by atoms with Crippen molar-refractivity contribution in [3.63, 3.8) is 0 Å². The lowest BCUT2D eigenvalue weighted by molar-refractivity contribution is -0.0902. The van der Waals surface area contributed by atoms with Crippen LogP contribution in [0.2, 0.25) is 10.0 Å². The summed E-state index contributed by atoms with van der Waals surface area (Å²) in [6.07, 6.45) is 3.99. The number of rotatable bonds is 6. The second kappa shape index (κ2) is 11.1. The maximum absolute atomic E-state index is 13.7. The monoisotopic (exact) mass is 687 g/mol. The van der Waals surface area contributed by atoms with Gasteiger partial charge in [0.05, 0.1) is 23.7 Å². The number of fused-ring (bicyclic) bond motifs is 2. The minimum absolute atomic E-state index is 0.165. The molecule has 4 aliphatic rings. The third-order valence-electron chi connectivity index (χ3n) is 8.81. The molecule has 2 aliphatic carbocycles. The maximum Gasteiger partial charge on any atom is 0.221 e. The summed E-state index contributed by atoms with van der Waals surface area (Å²) in [5, 5.41) is 2.22. The van der Waals surface area contributed by atoms with E-state index in [2.05, 4.69) is 14.9 Å². The van der Waals surface area contributed by atoms with E-state index in [1.165, 1.54) is 34.8 Å². The van der Waals surface area contributed by atoms with E-state index in [1.54, 1.807) is 36.4 Å². The van der Waals surface area contributed by atoms with Crippen LogP contribution in [-0.4, -0.2) is 80.3 Å². The van der Waals surface area contributed by atoms with E-state index < -0.39 is 0 Å². The Kier molecular flexibility index (Phi) is 7.07. The van der Waals surface area contributed by atoms with E-state index in [0.29, 0.717) is 54.3 Å². The van der Waals surface area contributed by atoms with Gasteiger partial charge in [0.15, 0.2) is 0 Å². The molecule has 2 fully saturated rings. The van der Waals surface area contributed by atoms with Crippen molar-refractivity contribution in [1.29, 1.82) is 0 Å². The van der Waals surface area contributed by atoms with Gasteiger partial charge in [-0.2, -0.15) is 0 Å². The van der Waals surface area contributed by atoms with E-state index in [0.717, 1.165) is 24.0 Å². The Morgan fingerprint density at radius 1 is 0.717 bits per heavy atom. The second-order valence-corrected chi connectivity index (χ2v) is 14.3. The van der Waals surface area contributed by atoms with Crippen LogP contribution in [0.15, 0.2) is 72.1 Å². The number of aromatic nitrogens is 2. The average molecular weight is 689 g/mol. The number of benzene rings is 2. The summed E-state index contributed by atoms with van der Waals surface area (Å²) in [5.74, 6) is -1.07. The van der Waals surface area contributed by atoms with E-state index in [9.17, 15) is 19.2 Å². The molecule has 0 N–H and O–H groups in total. The van der Waals surface area contributed by atoms with Gasteiger partial charge in [-0.25, -0.2) is 9.97 Å². The van der Waals surface area contributed by atoms with Crippen molar-refractivity contribution >= 4 is 69.0 Å². The van der Waals surface area contributed by atoms with Gasteiger partial charge in [0.1, 0.15) is 31.2 Å². The molecular formula is C33H23Cl2N5O4S2. The molecular weight excluding hydrogens is 665 g/mol. The van der Waals surface area contributed by atoms with Gasteiger partial charge >= 0.3 is 0 Å². The van der Waals surface area contributed by atoms with Crippen molar-refractivity contribution in [1.82, 2.24) is 24.7 Å². The molecule has 9 nitrogen and oxygen atoms in total. The summed E-state index contributed by atoms with van der Waals surface area (Å²) in [6, 6.07) is 14.3. The van der Waals surface area contributed by atoms with Gasteiger partial charge < -0.3 is 9.80 Å². The zero-order valence-electron chi connectivity index (χ0n) is 24.2.